The number of thiocarbonyl (C=S) groups is 1. The van der Waals surface area contributed by atoms with E-state index in [0.29, 0.717) is 9.23 Å². The molecule has 2 amide bonds. The molecule has 0 aromatic heterocycles. The molecule has 28 heavy (non-hydrogen) atoms. The number of hydrogen-bond acceptors (Lipinski definition) is 4. The van der Waals surface area contributed by atoms with Gasteiger partial charge in [0.1, 0.15) is 4.32 Å². The third-order valence-corrected chi connectivity index (χ3v) is 6.24. The summed E-state index contributed by atoms with van der Waals surface area (Å²) in [7, 11) is 0. The summed E-state index contributed by atoms with van der Waals surface area (Å²) in [6, 6.07) is 13.5. The third-order valence-electron chi connectivity index (χ3n) is 4.37. The number of rotatable bonds is 5. The highest BCUT2D eigenvalue weighted by Gasteiger charge is 2.32. The van der Waals surface area contributed by atoms with Gasteiger partial charge in [0.15, 0.2) is 0 Å². The molecule has 0 spiro atoms. The molecule has 7 heteroatoms. The summed E-state index contributed by atoms with van der Waals surface area (Å²) in [5.74, 6) is -0.303. The molecule has 0 atom stereocenters. The first-order chi connectivity index (χ1) is 13.3. The molecule has 1 saturated heterocycles. The highest BCUT2D eigenvalue weighted by Crippen LogP contribution is 2.33. The van der Waals surface area contributed by atoms with E-state index in [9.17, 15) is 9.59 Å². The van der Waals surface area contributed by atoms with Gasteiger partial charge in [-0.2, -0.15) is 0 Å². The maximum absolute atomic E-state index is 12.7. The van der Waals surface area contributed by atoms with E-state index in [2.05, 4.69) is 21.2 Å². The van der Waals surface area contributed by atoms with E-state index < -0.39 is 0 Å². The predicted molar refractivity (Wildman–Crippen MR) is 123 cm³/mol. The van der Waals surface area contributed by atoms with Crippen LogP contribution in [0.2, 0.25) is 0 Å². The number of carbonyl (C=O) groups is 2. The quantitative estimate of drug-likeness (QED) is 0.471. The smallest absolute Gasteiger partial charge is 0.266 e. The number of hydrogen-bond donors (Lipinski definition) is 1. The number of halogens is 1. The molecular weight excluding hydrogens is 456 g/mol. The minimum atomic E-state index is -0.158. The summed E-state index contributed by atoms with van der Waals surface area (Å²) in [6.45, 7) is 4.29. The van der Waals surface area contributed by atoms with Crippen molar-refractivity contribution in [3.8, 4) is 0 Å². The van der Waals surface area contributed by atoms with Crippen LogP contribution in [-0.4, -0.2) is 27.6 Å². The van der Waals surface area contributed by atoms with Gasteiger partial charge in [0.25, 0.3) is 5.91 Å². The number of nitrogens with one attached hydrogen (secondary N) is 1. The largest absolute Gasteiger partial charge is 0.326 e. The van der Waals surface area contributed by atoms with Crippen molar-refractivity contribution in [1.29, 1.82) is 0 Å². The van der Waals surface area contributed by atoms with Gasteiger partial charge in [0.05, 0.1) is 4.91 Å². The van der Waals surface area contributed by atoms with Crippen molar-refractivity contribution < 1.29 is 9.59 Å². The molecule has 1 aliphatic heterocycles. The van der Waals surface area contributed by atoms with Gasteiger partial charge in [-0.1, -0.05) is 58.1 Å². The zero-order valence-corrected chi connectivity index (χ0v) is 18.7. The summed E-state index contributed by atoms with van der Waals surface area (Å²) in [5, 5.41) is 2.87. The molecule has 0 aliphatic carbocycles. The van der Waals surface area contributed by atoms with Crippen molar-refractivity contribution in [3.05, 3.63) is 68.5 Å². The Morgan fingerprint density at radius 1 is 1.21 bits per heavy atom. The standard InChI is InChI=1S/C21H19BrN2O2S2/c1-13-6-7-17(10-14(13)2)23-19(25)8-9-24-20(26)18(28-21(24)27)12-15-4-3-5-16(22)11-15/h3-7,10-12H,8-9H2,1-2H3,(H,23,25)/b18-12-. The van der Waals surface area contributed by atoms with Crippen LogP contribution in [0.1, 0.15) is 23.1 Å². The van der Waals surface area contributed by atoms with Gasteiger partial charge >= 0.3 is 0 Å². The molecule has 0 bridgehead atoms. The Balaban J connectivity index is 1.61. The molecule has 0 saturated carbocycles. The molecule has 144 valence electrons. The molecule has 1 aliphatic rings. The average molecular weight is 475 g/mol. The Morgan fingerprint density at radius 2 is 2.00 bits per heavy atom. The van der Waals surface area contributed by atoms with Crippen LogP contribution in [0.4, 0.5) is 5.69 Å². The van der Waals surface area contributed by atoms with Crippen molar-refractivity contribution in [2.75, 3.05) is 11.9 Å². The maximum Gasteiger partial charge on any atom is 0.266 e. The number of amides is 2. The van der Waals surface area contributed by atoms with Crippen LogP contribution in [-0.2, 0) is 9.59 Å². The van der Waals surface area contributed by atoms with E-state index in [0.717, 1.165) is 21.3 Å². The normalized spacial score (nSPS) is 15.4. The van der Waals surface area contributed by atoms with E-state index in [-0.39, 0.29) is 24.8 Å². The average Bonchev–Trinajstić information content (AvgIpc) is 2.90. The fourth-order valence-corrected chi connectivity index (χ4v) is 4.42. The number of benzene rings is 2. The Kier molecular flexibility index (Phi) is 6.69. The fourth-order valence-electron chi connectivity index (χ4n) is 2.70. The van der Waals surface area contributed by atoms with E-state index in [1.54, 1.807) is 0 Å². The zero-order chi connectivity index (χ0) is 20.3. The first-order valence-electron chi connectivity index (χ1n) is 8.71. The molecule has 1 N–H and O–H groups in total. The van der Waals surface area contributed by atoms with Crippen LogP contribution in [0, 0.1) is 13.8 Å². The number of anilines is 1. The van der Waals surface area contributed by atoms with Crippen molar-refractivity contribution in [2.45, 2.75) is 20.3 Å². The lowest BCUT2D eigenvalue weighted by atomic mass is 10.1. The first kappa shape index (κ1) is 20.8. The summed E-state index contributed by atoms with van der Waals surface area (Å²) in [6.07, 6.45) is 2.00. The lowest BCUT2D eigenvalue weighted by molar-refractivity contribution is -0.122. The Hall–Kier alpha value is -1.96. The molecule has 1 fully saturated rings. The lowest BCUT2D eigenvalue weighted by Crippen LogP contribution is -2.31. The van der Waals surface area contributed by atoms with E-state index in [4.69, 9.17) is 12.2 Å². The molecule has 0 unspecified atom stereocenters. The highest BCUT2D eigenvalue weighted by molar-refractivity contribution is 9.10. The highest BCUT2D eigenvalue weighted by atomic mass is 79.9. The molecule has 0 radical (unpaired) electrons. The topological polar surface area (TPSA) is 49.4 Å². The second-order valence-electron chi connectivity index (χ2n) is 6.49. The second-order valence-corrected chi connectivity index (χ2v) is 9.08. The van der Waals surface area contributed by atoms with Gasteiger partial charge in [-0.05, 0) is 60.9 Å². The monoisotopic (exact) mass is 474 g/mol. The number of carbonyl (C=O) groups excluding carboxylic acids is 2. The SMILES string of the molecule is Cc1ccc(NC(=O)CCN2C(=O)/C(=C/c3cccc(Br)c3)SC2=S)cc1C. The Morgan fingerprint density at radius 3 is 2.71 bits per heavy atom. The van der Waals surface area contributed by atoms with Crippen molar-refractivity contribution in [3.63, 3.8) is 0 Å². The summed E-state index contributed by atoms with van der Waals surface area (Å²) >= 11 is 10.0. The molecule has 1 heterocycles. The van der Waals surface area contributed by atoms with Crippen molar-refractivity contribution in [2.24, 2.45) is 0 Å². The molecule has 2 aromatic rings. The van der Waals surface area contributed by atoms with Crippen molar-refractivity contribution >= 4 is 67.8 Å². The van der Waals surface area contributed by atoms with E-state index >= 15 is 0 Å². The Bertz CT molecular complexity index is 988. The zero-order valence-electron chi connectivity index (χ0n) is 15.5. The van der Waals surface area contributed by atoms with Gasteiger partial charge in [0.2, 0.25) is 5.91 Å². The summed E-state index contributed by atoms with van der Waals surface area (Å²) < 4.78 is 1.42. The molecule has 2 aromatic carbocycles. The van der Waals surface area contributed by atoms with Gasteiger partial charge in [-0.3, -0.25) is 14.5 Å². The fraction of sp³-hybridized carbons (Fsp3) is 0.190. The van der Waals surface area contributed by atoms with Crippen LogP contribution in [0.3, 0.4) is 0 Å². The van der Waals surface area contributed by atoms with Gasteiger partial charge in [-0.25, -0.2) is 0 Å². The summed E-state index contributed by atoms with van der Waals surface area (Å²) in [4.78, 5) is 27.0. The Labute approximate surface area is 182 Å². The van der Waals surface area contributed by atoms with Crippen LogP contribution >= 0.6 is 39.9 Å². The van der Waals surface area contributed by atoms with Gasteiger partial charge in [0, 0.05) is 23.1 Å². The molecule has 3 rings (SSSR count). The molecule has 4 nitrogen and oxygen atoms in total. The number of aryl methyl sites for hydroxylation is 2. The number of thioether (sulfide) groups is 1. The van der Waals surface area contributed by atoms with Crippen molar-refractivity contribution in [1.82, 2.24) is 4.90 Å². The van der Waals surface area contributed by atoms with Crippen LogP contribution < -0.4 is 5.32 Å². The van der Waals surface area contributed by atoms with E-state index in [1.165, 1.54) is 22.2 Å². The third kappa shape index (κ3) is 5.10. The predicted octanol–water partition coefficient (Wildman–Crippen LogP) is 5.30. The van der Waals surface area contributed by atoms with Gasteiger partial charge in [-0.15, -0.1) is 0 Å². The van der Waals surface area contributed by atoms with Crippen LogP contribution in [0.15, 0.2) is 51.8 Å². The first-order valence-corrected chi connectivity index (χ1v) is 10.7. The van der Waals surface area contributed by atoms with E-state index in [1.807, 2.05) is 62.4 Å². The lowest BCUT2D eigenvalue weighted by Gasteiger charge is -2.14. The summed E-state index contributed by atoms with van der Waals surface area (Å²) in [5.41, 5.74) is 3.97. The van der Waals surface area contributed by atoms with Crippen LogP contribution in [0.25, 0.3) is 6.08 Å². The minimum absolute atomic E-state index is 0.145. The van der Waals surface area contributed by atoms with Crippen LogP contribution in [0.5, 0.6) is 0 Å². The minimum Gasteiger partial charge on any atom is -0.326 e. The second kappa shape index (κ2) is 9.03. The van der Waals surface area contributed by atoms with Gasteiger partial charge < -0.3 is 5.32 Å². The molecular formula is C21H19BrN2O2S2. The maximum atomic E-state index is 12.7. The number of nitrogens with zero attached hydrogens (tertiary/aromatic N) is 1.